The van der Waals surface area contributed by atoms with Crippen LogP contribution in [-0.4, -0.2) is 15.0 Å². The number of para-hydroxylation sites is 2. The van der Waals surface area contributed by atoms with E-state index >= 15 is 0 Å². The average molecular weight is 702 g/mol. The number of rotatable bonds is 5. The van der Waals surface area contributed by atoms with E-state index in [1.807, 2.05) is 36.4 Å². The van der Waals surface area contributed by atoms with Gasteiger partial charge < -0.3 is 4.42 Å². The van der Waals surface area contributed by atoms with Gasteiger partial charge in [0, 0.05) is 21.9 Å². The van der Waals surface area contributed by atoms with Crippen LogP contribution in [-0.2, 0) is 0 Å². The molecule has 0 saturated carbocycles. The highest BCUT2D eigenvalue weighted by Crippen LogP contribution is 2.40. The molecule has 2 aromatic heterocycles. The number of benzene rings is 9. The van der Waals surface area contributed by atoms with Gasteiger partial charge in [0.15, 0.2) is 17.5 Å². The highest BCUT2D eigenvalue weighted by atomic mass is 16.3. The van der Waals surface area contributed by atoms with Gasteiger partial charge in [-0.3, -0.25) is 0 Å². The van der Waals surface area contributed by atoms with Crippen LogP contribution in [0.25, 0.3) is 111 Å². The van der Waals surface area contributed by atoms with E-state index < -0.39 is 0 Å². The molecule has 2 heterocycles. The summed E-state index contributed by atoms with van der Waals surface area (Å²) in [5, 5.41) is 9.34. The third-order valence-electron chi connectivity index (χ3n) is 10.8. The smallest absolute Gasteiger partial charge is 0.167 e. The van der Waals surface area contributed by atoms with Gasteiger partial charge in [-0.2, -0.15) is 0 Å². The number of hydrogen-bond donors (Lipinski definition) is 0. The second-order valence-electron chi connectivity index (χ2n) is 13.9. The summed E-state index contributed by atoms with van der Waals surface area (Å²) >= 11 is 0. The van der Waals surface area contributed by atoms with Gasteiger partial charge in [-0.15, -0.1) is 0 Å². The van der Waals surface area contributed by atoms with Crippen molar-refractivity contribution in [2.75, 3.05) is 0 Å². The molecule has 9 aromatic carbocycles. The highest BCUT2D eigenvalue weighted by molar-refractivity contribution is 6.25. The van der Waals surface area contributed by atoms with Crippen LogP contribution < -0.4 is 0 Å². The Balaban J connectivity index is 1.14. The quantitative estimate of drug-likeness (QED) is 0.168. The fraction of sp³-hybridized carbons (Fsp3) is 0. The molecule has 0 fully saturated rings. The first-order valence-electron chi connectivity index (χ1n) is 18.5. The third kappa shape index (κ3) is 5.19. The van der Waals surface area contributed by atoms with Gasteiger partial charge in [0.05, 0.1) is 5.56 Å². The molecule has 0 spiro atoms. The van der Waals surface area contributed by atoms with Gasteiger partial charge in [-0.05, 0) is 72.8 Å². The largest absolute Gasteiger partial charge is 0.455 e. The number of fused-ring (bicyclic) bond motifs is 9. The van der Waals surface area contributed by atoms with Crippen LogP contribution in [0.15, 0.2) is 192 Å². The molecule has 11 aromatic rings. The summed E-state index contributed by atoms with van der Waals surface area (Å²) in [5.41, 5.74) is 8.73. The van der Waals surface area contributed by atoms with E-state index in [-0.39, 0.29) is 0 Å². The van der Waals surface area contributed by atoms with Gasteiger partial charge >= 0.3 is 0 Å². The molecule has 0 atom stereocenters. The summed E-state index contributed by atoms with van der Waals surface area (Å²) in [6, 6.07) is 65.7. The van der Waals surface area contributed by atoms with Crippen molar-refractivity contribution in [2.45, 2.75) is 0 Å². The molecule has 0 aliphatic carbocycles. The lowest BCUT2D eigenvalue weighted by atomic mass is 9.93. The standard InChI is InChI=1S/C51H31N3O/c1-2-13-32(14-3-1)33-25-27-34(28-26-33)36-15-4-9-21-44(36)50-52-49(53-51(54-50)45-23-12-22-43-42-20-10-11-24-47(42)55-48(43)45)35-29-30-41-39-18-6-5-16-37(39)38-17-7-8-19-40(38)46(41)31-35/h1-31H. The lowest BCUT2D eigenvalue weighted by Crippen LogP contribution is -2.01. The molecule has 0 aliphatic heterocycles. The normalized spacial score (nSPS) is 11.6. The van der Waals surface area contributed by atoms with Crippen LogP contribution in [0.4, 0.5) is 0 Å². The molecule has 4 nitrogen and oxygen atoms in total. The summed E-state index contributed by atoms with van der Waals surface area (Å²) in [4.78, 5) is 15.7. The Morgan fingerprint density at radius 2 is 0.745 bits per heavy atom. The van der Waals surface area contributed by atoms with Gasteiger partial charge in [0.25, 0.3) is 0 Å². The lowest BCUT2D eigenvalue weighted by molar-refractivity contribution is 0.669. The Bertz CT molecular complexity index is 3220. The van der Waals surface area contributed by atoms with Crippen LogP contribution in [0, 0.1) is 0 Å². The first-order chi connectivity index (χ1) is 27.3. The van der Waals surface area contributed by atoms with Crippen molar-refractivity contribution in [2.24, 2.45) is 0 Å². The topological polar surface area (TPSA) is 51.8 Å². The van der Waals surface area contributed by atoms with Crippen molar-refractivity contribution in [3.05, 3.63) is 188 Å². The molecule has 0 amide bonds. The Labute approximate surface area is 317 Å². The first-order valence-corrected chi connectivity index (χ1v) is 18.5. The first kappa shape index (κ1) is 31.1. The fourth-order valence-corrected chi connectivity index (χ4v) is 8.12. The van der Waals surface area contributed by atoms with E-state index in [4.69, 9.17) is 19.4 Å². The molecule has 0 radical (unpaired) electrons. The molecule has 0 saturated heterocycles. The number of hydrogen-bond acceptors (Lipinski definition) is 4. The third-order valence-corrected chi connectivity index (χ3v) is 10.8. The summed E-state index contributed by atoms with van der Waals surface area (Å²) in [6.07, 6.45) is 0. The maximum Gasteiger partial charge on any atom is 0.167 e. The Morgan fingerprint density at radius 1 is 0.273 bits per heavy atom. The summed E-state index contributed by atoms with van der Waals surface area (Å²) in [7, 11) is 0. The Kier molecular flexibility index (Phi) is 7.14. The summed E-state index contributed by atoms with van der Waals surface area (Å²) < 4.78 is 6.52. The fourth-order valence-electron chi connectivity index (χ4n) is 8.12. The molecule has 55 heavy (non-hydrogen) atoms. The molecular weight excluding hydrogens is 671 g/mol. The van der Waals surface area contributed by atoms with E-state index in [1.54, 1.807) is 0 Å². The van der Waals surface area contributed by atoms with Crippen molar-refractivity contribution in [3.8, 4) is 56.4 Å². The van der Waals surface area contributed by atoms with E-state index in [0.29, 0.717) is 17.5 Å². The molecule has 256 valence electrons. The lowest BCUT2D eigenvalue weighted by Gasteiger charge is -2.14. The molecular formula is C51H31N3O. The van der Waals surface area contributed by atoms with Crippen molar-refractivity contribution >= 4 is 54.3 Å². The minimum absolute atomic E-state index is 0.558. The monoisotopic (exact) mass is 701 g/mol. The highest BCUT2D eigenvalue weighted by Gasteiger charge is 2.20. The molecule has 0 unspecified atom stereocenters. The van der Waals surface area contributed by atoms with Gasteiger partial charge in [-0.25, -0.2) is 15.0 Å². The zero-order chi connectivity index (χ0) is 36.3. The van der Waals surface area contributed by atoms with Crippen LogP contribution >= 0.6 is 0 Å². The van der Waals surface area contributed by atoms with Crippen molar-refractivity contribution in [1.82, 2.24) is 15.0 Å². The SMILES string of the molecule is c1ccc(-c2ccc(-c3ccccc3-c3nc(-c4ccc5c6ccccc6c6ccccc6c5c4)nc(-c4cccc5c4oc4ccccc45)n3)cc2)cc1. The van der Waals surface area contributed by atoms with Crippen molar-refractivity contribution < 1.29 is 4.42 Å². The van der Waals surface area contributed by atoms with Gasteiger partial charge in [0.1, 0.15) is 11.2 Å². The molecule has 0 aliphatic rings. The Morgan fingerprint density at radius 3 is 1.47 bits per heavy atom. The minimum atomic E-state index is 0.558. The van der Waals surface area contributed by atoms with Gasteiger partial charge in [-0.1, -0.05) is 170 Å². The van der Waals surface area contributed by atoms with E-state index in [0.717, 1.165) is 55.1 Å². The maximum atomic E-state index is 6.52. The van der Waals surface area contributed by atoms with E-state index in [9.17, 15) is 0 Å². The second-order valence-corrected chi connectivity index (χ2v) is 13.9. The van der Waals surface area contributed by atoms with Gasteiger partial charge in [0.2, 0.25) is 0 Å². The maximum absolute atomic E-state index is 6.52. The zero-order valence-electron chi connectivity index (χ0n) is 29.6. The molecule has 11 rings (SSSR count). The number of aromatic nitrogens is 3. The number of nitrogens with zero attached hydrogens (tertiary/aromatic N) is 3. The second kappa shape index (κ2) is 12.6. The summed E-state index contributed by atoms with van der Waals surface area (Å²) in [5.74, 6) is 1.75. The molecule has 0 N–H and O–H groups in total. The average Bonchev–Trinajstić information content (AvgIpc) is 3.66. The molecule has 0 bridgehead atoms. The zero-order valence-corrected chi connectivity index (χ0v) is 29.6. The Hall–Kier alpha value is -7.43. The van der Waals surface area contributed by atoms with E-state index in [1.165, 1.54) is 38.1 Å². The minimum Gasteiger partial charge on any atom is -0.455 e. The van der Waals surface area contributed by atoms with Crippen molar-refractivity contribution in [3.63, 3.8) is 0 Å². The molecule has 4 heteroatoms. The van der Waals surface area contributed by atoms with Crippen LogP contribution in [0.1, 0.15) is 0 Å². The predicted octanol–water partition coefficient (Wildman–Crippen LogP) is 13.6. The van der Waals surface area contributed by atoms with Crippen LogP contribution in [0.2, 0.25) is 0 Å². The van der Waals surface area contributed by atoms with Crippen LogP contribution in [0.3, 0.4) is 0 Å². The van der Waals surface area contributed by atoms with Crippen molar-refractivity contribution in [1.29, 1.82) is 0 Å². The number of furan rings is 1. The predicted molar refractivity (Wildman–Crippen MR) is 227 cm³/mol. The van der Waals surface area contributed by atoms with Crippen LogP contribution in [0.5, 0.6) is 0 Å². The summed E-state index contributed by atoms with van der Waals surface area (Å²) in [6.45, 7) is 0. The van der Waals surface area contributed by atoms with E-state index in [2.05, 4.69) is 152 Å².